The summed E-state index contributed by atoms with van der Waals surface area (Å²) < 4.78 is 0. The fourth-order valence-electron chi connectivity index (χ4n) is 2.70. The highest BCUT2D eigenvalue weighted by atomic mass is 16.1. The Morgan fingerprint density at radius 2 is 1.83 bits per heavy atom. The van der Waals surface area contributed by atoms with Gasteiger partial charge in [0.25, 0.3) is 5.91 Å². The molecule has 18 heavy (non-hydrogen) atoms. The van der Waals surface area contributed by atoms with E-state index < -0.39 is 0 Å². The summed E-state index contributed by atoms with van der Waals surface area (Å²) in [6.45, 7) is 3.15. The molecule has 1 aliphatic carbocycles. The van der Waals surface area contributed by atoms with Crippen LogP contribution in [-0.4, -0.2) is 12.5 Å². The van der Waals surface area contributed by atoms with Crippen LogP contribution in [0.15, 0.2) is 30.3 Å². The maximum atomic E-state index is 11.8. The van der Waals surface area contributed by atoms with Crippen molar-refractivity contribution in [3.05, 3.63) is 35.9 Å². The van der Waals surface area contributed by atoms with Crippen LogP contribution in [0.25, 0.3) is 0 Å². The number of hydrogen-bond acceptors (Lipinski definition) is 1. The normalized spacial score (nSPS) is 23.6. The first-order valence-corrected chi connectivity index (χ1v) is 7.09. The van der Waals surface area contributed by atoms with Crippen LogP contribution in [0.5, 0.6) is 0 Å². The van der Waals surface area contributed by atoms with E-state index in [1.165, 1.54) is 25.7 Å². The molecule has 98 valence electrons. The fourth-order valence-corrected chi connectivity index (χ4v) is 2.70. The van der Waals surface area contributed by atoms with Crippen molar-refractivity contribution in [1.29, 1.82) is 0 Å². The molecule has 0 heterocycles. The summed E-state index contributed by atoms with van der Waals surface area (Å²) >= 11 is 0. The molecule has 2 rings (SSSR count). The Labute approximate surface area is 110 Å². The van der Waals surface area contributed by atoms with Gasteiger partial charge in [-0.05, 0) is 30.4 Å². The standard InChI is InChI=1S/C16H23NO/c1-13-7-9-14(10-8-13)11-12-17-16(18)15-5-3-2-4-6-15/h2-6,13-14H,7-12H2,1H3,(H,17,18). The van der Waals surface area contributed by atoms with Crippen molar-refractivity contribution in [2.24, 2.45) is 11.8 Å². The number of amides is 1. The zero-order valence-corrected chi connectivity index (χ0v) is 11.2. The van der Waals surface area contributed by atoms with E-state index in [4.69, 9.17) is 0 Å². The van der Waals surface area contributed by atoms with E-state index in [2.05, 4.69) is 12.2 Å². The fraction of sp³-hybridized carbons (Fsp3) is 0.562. The van der Waals surface area contributed by atoms with E-state index in [0.717, 1.165) is 30.4 Å². The minimum absolute atomic E-state index is 0.0553. The van der Waals surface area contributed by atoms with Crippen LogP contribution >= 0.6 is 0 Å². The van der Waals surface area contributed by atoms with Crippen LogP contribution in [-0.2, 0) is 0 Å². The quantitative estimate of drug-likeness (QED) is 0.862. The van der Waals surface area contributed by atoms with Crippen LogP contribution in [0.2, 0.25) is 0 Å². The molecule has 0 atom stereocenters. The average Bonchev–Trinajstić information content (AvgIpc) is 2.42. The predicted molar refractivity (Wildman–Crippen MR) is 74.5 cm³/mol. The van der Waals surface area contributed by atoms with E-state index >= 15 is 0 Å². The van der Waals surface area contributed by atoms with Crippen LogP contribution in [0.3, 0.4) is 0 Å². The molecule has 0 spiro atoms. The minimum atomic E-state index is 0.0553. The van der Waals surface area contributed by atoms with Gasteiger partial charge in [0.05, 0.1) is 0 Å². The first kappa shape index (κ1) is 13.1. The molecule has 0 unspecified atom stereocenters. The van der Waals surface area contributed by atoms with Crippen LogP contribution in [0, 0.1) is 11.8 Å². The Bertz CT molecular complexity index is 366. The molecule has 2 nitrogen and oxygen atoms in total. The van der Waals surface area contributed by atoms with Gasteiger partial charge in [0.15, 0.2) is 0 Å². The topological polar surface area (TPSA) is 29.1 Å². The molecule has 2 heteroatoms. The number of rotatable bonds is 4. The Hall–Kier alpha value is -1.31. The molecule has 1 saturated carbocycles. The first-order chi connectivity index (χ1) is 8.75. The Balaban J connectivity index is 1.68. The molecule has 1 amide bonds. The van der Waals surface area contributed by atoms with E-state index in [1.807, 2.05) is 30.3 Å². The molecule has 0 aromatic heterocycles. The second-order valence-electron chi connectivity index (χ2n) is 5.54. The third-order valence-corrected chi connectivity index (χ3v) is 4.01. The zero-order chi connectivity index (χ0) is 12.8. The first-order valence-electron chi connectivity index (χ1n) is 7.09. The number of nitrogens with one attached hydrogen (secondary N) is 1. The Kier molecular flexibility index (Phi) is 4.80. The van der Waals surface area contributed by atoms with Gasteiger partial charge in [-0.15, -0.1) is 0 Å². The maximum absolute atomic E-state index is 11.8. The third-order valence-electron chi connectivity index (χ3n) is 4.01. The summed E-state index contributed by atoms with van der Waals surface area (Å²) in [5.41, 5.74) is 0.759. The maximum Gasteiger partial charge on any atom is 0.251 e. The highest BCUT2D eigenvalue weighted by molar-refractivity contribution is 5.94. The van der Waals surface area contributed by atoms with Gasteiger partial charge in [-0.1, -0.05) is 50.8 Å². The molecule has 1 aliphatic rings. The zero-order valence-electron chi connectivity index (χ0n) is 11.2. The lowest BCUT2D eigenvalue weighted by atomic mass is 9.81. The van der Waals surface area contributed by atoms with Crippen LogP contribution in [0.4, 0.5) is 0 Å². The van der Waals surface area contributed by atoms with Gasteiger partial charge in [0.2, 0.25) is 0 Å². The van der Waals surface area contributed by atoms with Crippen molar-refractivity contribution in [2.75, 3.05) is 6.54 Å². The van der Waals surface area contributed by atoms with Gasteiger partial charge in [-0.2, -0.15) is 0 Å². The molecule has 0 radical (unpaired) electrons. The van der Waals surface area contributed by atoms with Gasteiger partial charge in [0, 0.05) is 12.1 Å². The van der Waals surface area contributed by atoms with Crippen molar-refractivity contribution in [1.82, 2.24) is 5.32 Å². The smallest absolute Gasteiger partial charge is 0.251 e. The van der Waals surface area contributed by atoms with Crippen LogP contribution < -0.4 is 5.32 Å². The van der Waals surface area contributed by atoms with Crippen molar-refractivity contribution < 1.29 is 4.79 Å². The highest BCUT2D eigenvalue weighted by Crippen LogP contribution is 2.29. The van der Waals surface area contributed by atoms with Crippen molar-refractivity contribution in [3.8, 4) is 0 Å². The summed E-state index contributed by atoms with van der Waals surface area (Å²) in [4.78, 5) is 11.8. The molecule has 0 aliphatic heterocycles. The largest absolute Gasteiger partial charge is 0.352 e. The number of benzene rings is 1. The van der Waals surface area contributed by atoms with Gasteiger partial charge in [-0.3, -0.25) is 4.79 Å². The number of carbonyl (C=O) groups is 1. The SMILES string of the molecule is CC1CCC(CCNC(=O)c2ccccc2)CC1. The van der Waals surface area contributed by atoms with Crippen molar-refractivity contribution in [2.45, 2.75) is 39.0 Å². The summed E-state index contributed by atoms with van der Waals surface area (Å²) in [5, 5.41) is 3.02. The number of carbonyl (C=O) groups excluding carboxylic acids is 1. The number of hydrogen-bond donors (Lipinski definition) is 1. The lowest BCUT2D eigenvalue weighted by Gasteiger charge is -2.26. The summed E-state index contributed by atoms with van der Waals surface area (Å²) in [7, 11) is 0. The summed E-state index contributed by atoms with van der Waals surface area (Å²) in [6, 6.07) is 9.45. The Morgan fingerprint density at radius 3 is 2.50 bits per heavy atom. The van der Waals surface area contributed by atoms with Crippen molar-refractivity contribution >= 4 is 5.91 Å². The second kappa shape index (κ2) is 6.58. The van der Waals surface area contributed by atoms with Gasteiger partial charge >= 0.3 is 0 Å². The lowest BCUT2D eigenvalue weighted by molar-refractivity contribution is 0.0949. The van der Waals surface area contributed by atoms with Crippen LogP contribution in [0.1, 0.15) is 49.4 Å². The van der Waals surface area contributed by atoms with E-state index in [-0.39, 0.29) is 5.91 Å². The van der Waals surface area contributed by atoms with E-state index in [9.17, 15) is 4.79 Å². The van der Waals surface area contributed by atoms with Gasteiger partial charge < -0.3 is 5.32 Å². The lowest BCUT2D eigenvalue weighted by Crippen LogP contribution is -2.26. The molecule has 1 N–H and O–H groups in total. The van der Waals surface area contributed by atoms with Gasteiger partial charge in [0.1, 0.15) is 0 Å². The molecule has 0 bridgehead atoms. The molecular weight excluding hydrogens is 222 g/mol. The summed E-state index contributed by atoms with van der Waals surface area (Å²) in [6.07, 6.45) is 6.52. The molecular formula is C16H23NO. The molecule has 1 aromatic rings. The average molecular weight is 245 g/mol. The van der Waals surface area contributed by atoms with Gasteiger partial charge in [-0.25, -0.2) is 0 Å². The second-order valence-corrected chi connectivity index (χ2v) is 5.54. The summed E-state index contributed by atoms with van der Waals surface area (Å²) in [5.74, 6) is 1.78. The predicted octanol–water partition coefficient (Wildman–Crippen LogP) is 3.63. The monoisotopic (exact) mass is 245 g/mol. The van der Waals surface area contributed by atoms with E-state index in [0.29, 0.717) is 0 Å². The third kappa shape index (κ3) is 3.86. The van der Waals surface area contributed by atoms with E-state index in [1.54, 1.807) is 0 Å². The molecule has 1 fully saturated rings. The highest BCUT2D eigenvalue weighted by Gasteiger charge is 2.17. The Morgan fingerprint density at radius 1 is 1.17 bits per heavy atom. The molecule has 1 aromatic carbocycles. The minimum Gasteiger partial charge on any atom is -0.352 e. The molecule has 0 saturated heterocycles. The van der Waals surface area contributed by atoms with Crippen molar-refractivity contribution in [3.63, 3.8) is 0 Å².